The number of aromatic amines is 1. The summed E-state index contributed by atoms with van der Waals surface area (Å²) in [5, 5.41) is 10.4. The minimum Gasteiger partial charge on any atom is -0.472 e. The number of rotatable bonds is 4. The Balaban J connectivity index is 1.97. The molecule has 23 heavy (non-hydrogen) atoms. The van der Waals surface area contributed by atoms with Crippen molar-refractivity contribution in [3.63, 3.8) is 0 Å². The van der Waals surface area contributed by atoms with E-state index in [0.29, 0.717) is 11.3 Å². The number of aromatic nitrogens is 2. The zero-order valence-corrected chi connectivity index (χ0v) is 12.7. The first kappa shape index (κ1) is 15.5. The van der Waals surface area contributed by atoms with E-state index in [1.54, 1.807) is 13.0 Å². The van der Waals surface area contributed by atoms with Crippen LogP contribution in [0.1, 0.15) is 59.1 Å². The summed E-state index contributed by atoms with van der Waals surface area (Å²) < 4.78 is 10.4. The van der Waals surface area contributed by atoms with Gasteiger partial charge in [0.1, 0.15) is 17.8 Å². The lowest BCUT2D eigenvalue weighted by Crippen LogP contribution is -2.25. The molecule has 1 fully saturated rings. The smallest absolute Gasteiger partial charge is 0.345 e. The Bertz CT molecular complexity index is 744. The first-order valence-electron chi connectivity index (χ1n) is 7.58. The zero-order valence-electron chi connectivity index (χ0n) is 12.7. The molecule has 2 N–H and O–H groups in total. The van der Waals surface area contributed by atoms with E-state index in [1.165, 1.54) is 12.5 Å². The van der Waals surface area contributed by atoms with Crippen LogP contribution in [0, 0.1) is 6.92 Å². The predicted octanol–water partition coefficient (Wildman–Crippen LogP) is 1.85. The Kier molecular flexibility index (Phi) is 4.29. The van der Waals surface area contributed by atoms with E-state index >= 15 is 0 Å². The maximum atomic E-state index is 12.5. The average Bonchev–Trinajstić information content (AvgIpc) is 3.18. The van der Waals surface area contributed by atoms with Gasteiger partial charge in [0.25, 0.3) is 0 Å². The third kappa shape index (κ3) is 3.19. The van der Waals surface area contributed by atoms with Crippen molar-refractivity contribution in [1.29, 1.82) is 0 Å². The summed E-state index contributed by atoms with van der Waals surface area (Å²) in [4.78, 5) is 30.4. The molecule has 7 nitrogen and oxygen atoms in total. The van der Waals surface area contributed by atoms with Crippen LogP contribution in [-0.2, 0) is 4.74 Å². The molecule has 1 saturated carbocycles. The number of carbonyl (C=O) groups is 1. The highest BCUT2D eigenvalue weighted by molar-refractivity contribution is 5.92. The second kappa shape index (κ2) is 6.37. The number of aryl methyl sites for hydroxylation is 1. The molecule has 0 bridgehead atoms. The number of aliphatic hydroxyl groups excluding tert-OH is 1. The largest absolute Gasteiger partial charge is 0.472 e. The fraction of sp³-hybridized carbons (Fsp3) is 0.438. The summed E-state index contributed by atoms with van der Waals surface area (Å²) in [6.45, 7) is 1.58. The maximum Gasteiger partial charge on any atom is 0.345 e. The normalized spacial score (nSPS) is 16.4. The molecule has 1 aliphatic rings. The molecule has 0 aliphatic heterocycles. The molecule has 1 aliphatic carbocycles. The summed E-state index contributed by atoms with van der Waals surface area (Å²) in [5.74, 6) is -0.573. The summed E-state index contributed by atoms with van der Waals surface area (Å²) in [6.07, 6.45) is 5.12. The van der Waals surface area contributed by atoms with Crippen LogP contribution in [0.15, 0.2) is 27.8 Å². The lowest BCUT2D eigenvalue weighted by molar-refractivity contribution is 0.0310. The van der Waals surface area contributed by atoms with Crippen LogP contribution in [0.3, 0.4) is 0 Å². The minimum absolute atomic E-state index is 0.0179. The van der Waals surface area contributed by atoms with Gasteiger partial charge >= 0.3 is 11.7 Å². The summed E-state index contributed by atoms with van der Waals surface area (Å²) in [6, 6.07) is 1.55. The zero-order chi connectivity index (χ0) is 16.4. The molecule has 0 aromatic carbocycles. The molecule has 122 valence electrons. The number of hydrogen-bond donors (Lipinski definition) is 2. The first-order chi connectivity index (χ1) is 11.1. The standard InChI is InChI=1S/C16H18N2O5/c1-9-12(15(20)23-11-4-2-3-5-11)13(18-16(21)17-9)14(19)10-6-7-22-8-10/h6-8,11,14,19H,2-5H2,1H3,(H,17,18,21). The van der Waals surface area contributed by atoms with Gasteiger partial charge in [0.05, 0.1) is 18.2 Å². The molecular weight excluding hydrogens is 300 g/mol. The number of esters is 1. The highest BCUT2D eigenvalue weighted by Gasteiger charge is 2.28. The van der Waals surface area contributed by atoms with Gasteiger partial charge in [-0.25, -0.2) is 9.59 Å². The van der Waals surface area contributed by atoms with Gasteiger partial charge in [-0.1, -0.05) is 0 Å². The fourth-order valence-corrected chi connectivity index (χ4v) is 2.87. The van der Waals surface area contributed by atoms with Crippen molar-refractivity contribution in [3.8, 4) is 0 Å². The van der Waals surface area contributed by atoms with Crippen LogP contribution < -0.4 is 5.69 Å². The van der Waals surface area contributed by atoms with Crippen molar-refractivity contribution >= 4 is 5.97 Å². The van der Waals surface area contributed by atoms with Crippen LogP contribution in [0.4, 0.5) is 0 Å². The highest BCUT2D eigenvalue weighted by atomic mass is 16.5. The number of H-pyrrole nitrogens is 1. The summed E-state index contributed by atoms with van der Waals surface area (Å²) >= 11 is 0. The van der Waals surface area contributed by atoms with E-state index in [9.17, 15) is 14.7 Å². The van der Waals surface area contributed by atoms with Gasteiger partial charge in [-0.15, -0.1) is 0 Å². The Labute approximate surface area is 132 Å². The third-order valence-corrected chi connectivity index (χ3v) is 4.05. The van der Waals surface area contributed by atoms with Crippen molar-refractivity contribution in [1.82, 2.24) is 9.97 Å². The van der Waals surface area contributed by atoms with Crippen LogP contribution >= 0.6 is 0 Å². The van der Waals surface area contributed by atoms with Gasteiger partial charge in [-0.3, -0.25) is 0 Å². The van der Waals surface area contributed by atoms with Crippen molar-refractivity contribution in [2.75, 3.05) is 0 Å². The van der Waals surface area contributed by atoms with Crippen LogP contribution in [-0.4, -0.2) is 27.1 Å². The van der Waals surface area contributed by atoms with Crippen molar-refractivity contribution < 1.29 is 19.1 Å². The Morgan fingerprint density at radius 3 is 2.87 bits per heavy atom. The summed E-state index contributed by atoms with van der Waals surface area (Å²) in [5.41, 5.74) is 0.196. The molecule has 0 radical (unpaired) electrons. The Hall–Kier alpha value is -2.41. The molecule has 0 spiro atoms. The van der Waals surface area contributed by atoms with Gasteiger partial charge in [-0.05, 0) is 38.7 Å². The van der Waals surface area contributed by atoms with Crippen LogP contribution in [0.2, 0.25) is 0 Å². The van der Waals surface area contributed by atoms with E-state index in [4.69, 9.17) is 9.15 Å². The lowest BCUT2D eigenvalue weighted by Gasteiger charge is -2.16. The molecule has 2 aromatic heterocycles. The number of hydrogen-bond acceptors (Lipinski definition) is 6. The number of nitrogens with zero attached hydrogens (tertiary/aromatic N) is 1. The monoisotopic (exact) mass is 318 g/mol. The van der Waals surface area contributed by atoms with E-state index in [-0.39, 0.29) is 17.4 Å². The van der Waals surface area contributed by atoms with Gasteiger partial charge in [-0.2, -0.15) is 4.98 Å². The van der Waals surface area contributed by atoms with Gasteiger partial charge in [0.2, 0.25) is 0 Å². The van der Waals surface area contributed by atoms with Crippen LogP contribution in [0.5, 0.6) is 0 Å². The van der Waals surface area contributed by atoms with Crippen molar-refractivity contribution in [2.24, 2.45) is 0 Å². The number of aliphatic hydroxyl groups is 1. The van der Waals surface area contributed by atoms with Gasteiger partial charge in [0.15, 0.2) is 0 Å². The molecule has 3 rings (SSSR count). The first-order valence-corrected chi connectivity index (χ1v) is 7.58. The lowest BCUT2D eigenvalue weighted by atomic mass is 10.0. The molecule has 7 heteroatoms. The highest BCUT2D eigenvalue weighted by Crippen LogP contribution is 2.27. The van der Waals surface area contributed by atoms with E-state index in [1.807, 2.05) is 0 Å². The fourth-order valence-electron chi connectivity index (χ4n) is 2.87. The Morgan fingerprint density at radius 1 is 1.48 bits per heavy atom. The third-order valence-electron chi connectivity index (χ3n) is 4.05. The van der Waals surface area contributed by atoms with E-state index in [0.717, 1.165) is 25.7 Å². The van der Waals surface area contributed by atoms with Gasteiger partial charge in [0, 0.05) is 11.3 Å². The molecule has 0 amide bonds. The van der Waals surface area contributed by atoms with Crippen LogP contribution in [0.25, 0.3) is 0 Å². The quantitative estimate of drug-likeness (QED) is 0.833. The number of carbonyl (C=O) groups excluding carboxylic acids is 1. The number of furan rings is 1. The van der Waals surface area contributed by atoms with Gasteiger partial charge < -0.3 is 19.2 Å². The number of ether oxygens (including phenoxy) is 1. The molecule has 2 heterocycles. The van der Waals surface area contributed by atoms with E-state index in [2.05, 4.69) is 9.97 Å². The SMILES string of the molecule is Cc1[nH]c(=O)nc(C(O)c2ccoc2)c1C(=O)OC1CCCC1. The maximum absolute atomic E-state index is 12.5. The molecule has 0 saturated heterocycles. The van der Waals surface area contributed by atoms with E-state index < -0.39 is 17.8 Å². The average molecular weight is 318 g/mol. The molecular formula is C16H18N2O5. The predicted molar refractivity (Wildman–Crippen MR) is 80.0 cm³/mol. The number of nitrogens with one attached hydrogen (secondary N) is 1. The second-order valence-electron chi connectivity index (χ2n) is 5.70. The Morgan fingerprint density at radius 2 is 2.22 bits per heavy atom. The van der Waals surface area contributed by atoms with Crippen molar-refractivity contribution in [3.05, 3.63) is 51.6 Å². The van der Waals surface area contributed by atoms with Crippen molar-refractivity contribution in [2.45, 2.75) is 44.8 Å². The molecule has 1 atom stereocenters. The summed E-state index contributed by atoms with van der Waals surface area (Å²) in [7, 11) is 0. The minimum atomic E-state index is -1.24. The molecule has 1 unspecified atom stereocenters. The topological polar surface area (TPSA) is 105 Å². The molecule has 2 aromatic rings. The second-order valence-corrected chi connectivity index (χ2v) is 5.70.